The van der Waals surface area contributed by atoms with Crippen LogP contribution < -0.4 is 9.47 Å². The SMILES string of the molecule is COc1ccc2c(c(/C=C3/Oc4cc(O)cc(O)c4C3=O)cn2C)c1C. The molecule has 3 aromatic rings. The quantitative estimate of drug-likeness (QED) is 0.691. The van der Waals surface area contributed by atoms with Gasteiger partial charge in [0.25, 0.3) is 0 Å². The van der Waals surface area contributed by atoms with E-state index in [0.717, 1.165) is 33.8 Å². The molecule has 6 heteroatoms. The second-order valence-electron chi connectivity index (χ2n) is 6.26. The highest BCUT2D eigenvalue weighted by atomic mass is 16.5. The summed E-state index contributed by atoms with van der Waals surface area (Å²) in [5, 5.41) is 20.5. The number of carbonyl (C=O) groups is 1. The minimum Gasteiger partial charge on any atom is -0.508 e. The molecule has 2 aromatic carbocycles. The van der Waals surface area contributed by atoms with E-state index in [1.54, 1.807) is 13.2 Å². The fraction of sp³-hybridized carbons (Fsp3) is 0.150. The van der Waals surface area contributed by atoms with Crippen LogP contribution in [0.25, 0.3) is 17.0 Å². The average Bonchev–Trinajstić information content (AvgIpc) is 3.06. The second kappa shape index (κ2) is 5.56. The van der Waals surface area contributed by atoms with Crippen LogP contribution in [0.3, 0.4) is 0 Å². The van der Waals surface area contributed by atoms with E-state index in [4.69, 9.17) is 9.47 Å². The van der Waals surface area contributed by atoms with Crippen molar-refractivity contribution in [1.29, 1.82) is 0 Å². The second-order valence-corrected chi connectivity index (χ2v) is 6.26. The number of ether oxygens (including phenoxy) is 2. The van der Waals surface area contributed by atoms with Crippen LogP contribution in [-0.2, 0) is 7.05 Å². The Bertz CT molecular complexity index is 1110. The number of phenols is 2. The van der Waals surface area contributed by atoms with E-state index >= 15 is 0 Å². The third-order valence-electron chi connectivity index (χ3n) is 4.64. The predicted octanol–water partition coefficient (Wildman–Crippen LogP) is 3.52. The van der Waals surface area contributed by atoms with Gasteiger partial charge in [0.1, 0.15) is 28.6 Å². The highest BCUT2D eigenvalue weighted by Gasteiger charge is 2.31. The first-order chi connectivity index (χ1) is 12.4. The Kier molecular flexibility index (Phi) is 3.44. The first kappa shape index (κ1) is 16.1. The first-order valence-electron chi connectivity index (χ1n) is 8.03. The van der Waals surface area contributed by atoms with Gasteiger partial charge in [0.05, 0.1) is 7.11 Å². The minimum atomic E-state index is -0.421. The van der Waals surface area contributed by atoms with E-state index in [1.807, 2.05) is 36.9 Å². The zero-order chi connectivity index (χ0) is 18.6. The molecule has 2 heterocycles. The third-order valence-corrected chi connectivity index (χ3v) is 4.64. The number of allylic oxidation sites excluding steroid dienone is 1. The summed E-state index contributed by atoms with van der Waals surface area (Å²) >= 11 is 0. The van der Waals surface area contributed by atoms with Gasteiger partial charge in [-0.3, -0.25) is 4.79 Å². The summed E-state index contributed by atoms with van der Waals surface area (Å²) in [5.74, 6) is 0.108. The van der Waals surface area contributed by atoms with Crippen molar-refractivity contribution < 1.29 is 24.5 Å². The zero-order valence-corrected chi connectivity index (χ0v) is 14.5. The van der Waals surface area contributed by atoms with Crippen LogP contribution in [0.15, 0.2) is 36.2 Å². The van der Waals surface area contributed by atoms with Gasteiger partial charge in [-0.25, -0.2) is 0 Å². The van der Waals surface area contributed by atoms with Gasteiger partial charge >= 0.3 is 0 Å². The molecule has 0 atom stereocenters. The Hall–Kier alpha value is -3.41. The van der Waals surface area contributed by atoms with Gasteiger partial charge in [-0.05, 0) is 25.1 Å². The number of aromatic nitrogens is 1. The van der Waals surface area contributed by atoms with Gasteiger partial charge in [-0.2, -0.15) is 0 Å². The van der Waals surface area contributed by atoms with E-state index in [-0.39, 0.29) is 28.6 Å². The van der Waals surface area contributed by atoms with Crippen molar-refractivity contribution in [2.24, 2.45) is 7.05 Å². The highest BCUT2D eigenvalue weighted by molar-refractivity contribution is 6.17. The number of carbonyl (C=O) groups excluding carboxylic acids is 1. The number of phenolic OH excluding ortho intramolecular Hbond substituents is 2. The third kappa shape index (κ3) is 2.23. The van der Waals surface area contributed by atoms with Crippen molar-refractivity contribution in [3.05, 3.63) is 52.9 Å². The predicted molar refractivity (Wildman–Crippen MR) is 96.9 cm³/mol. The van der Waals surface area contributed by atoms with Crippen molar-refractivity contribution in [3.63, 3.8) is 0 Å². The molecule has 1 aromatic heterocycles. The Morgan fingerprint density at radius 2 is 2.00 bits per heavy atom. The van der Waals surface area contributed by atoms with Crippen molar-refractivity contribution in [1.82, 2.24) is 4.57 Å². The average molecular weight is 351 g/mol. The van der Waals surface area contributed by atoms with Gasteiger partial charge in [0.15, 0.2) is 5.76 Å². The summed E-state index contributed by atoms with van der Waals surface area (Å²) in [6, 6.07) is 6.29. The molecule has 0 aliphatic carbocycles. The molecule has 0 bridgehead atoms. The zero-order valence-electron chi connectivity index (χ0n) is 14.5. The Morgan fingerprint density at radius 1 is 1.23 bits per heavy atom. The smallest absolute Gasteiger partial charge is 0.235 e. The van der Waals surface area contributed by atoms with E-state index < -0.39 is 5.78 Å². The van der Waals surface area contributed by atoms with Gasteiger partial charge in [0.2, 0.25) is 5.78 Å². The topological polar surface area (TPSA) is 80.9 Å². The van der Waals surface area contributed by atoms with E-state index in [1.165, 1.54) is 6.07 Å². The first-order valence-corrected chi connectivity index (χ1v) is 8.03. The minimum absolute atomic E-state index is 0.0589. The number of Topliss-reactive ketones (excluding diaryl/α,β-unsaturated/α-hetero) is 1. The summed E-state index contributed by atoms with van der Waals surface area (Å²) in [5.41, 5.74) is 2.82. The molecule has 1 aliphatic heterocycles. The van der Waals surface area contributed by atoms with Crippen molar-refractivity contribution in [3.8, 4) is 23.0 Å². The highest BCUT2D eigenvalue weighted by Crippen LogP contribution is 2.41. The lowest BCUT2D eigenvalue weighted by Gasteiger charge is -2.07. The Morgan fingerprint density at radius 3 is 2.73 bits per heavy atom. The van der Waals surface area contributed by atoms with Crippen LogP contribution >= 0.6 is 0 Å². The Balaban J connectivity index is 1.88. The molecule has 0 radical (unpaired) electrons. The number of ketones is 1. The van der Waals surface area contributed by atoms with Gasteiger partial charge in [-0.15, -0.1) is 0 Å². The maximum absolute atomic E-state index is 12.6. The molecule has 0 saturated heterocycles. The maximum atomic E-state index is 12.6. The van der Waals surface area contributed by atoms with Crippen molar-refractivity contribution >= 4 is 22.8 Å². The fourth-order valence-corrected chi connectivity index (χ4v) is 3.43. The lowest BCUT2D eigenvalue weighted by Crippen LogP contribution is -1.98. The van der Waals surface area contributed by atoms with Crippen LogP contribution in [0.4, 0.5) is 0 Å². The number of hydrogen-bond acceptors (Lipinski definition) is 5. The molecular formula is C20H17NO5. The van der Waals surface area contributed by atoms with Crippen LogP contribution in [0.2, 0.25) is 0 Å². The van der Waals surface area contributed by atoms with Gasteiger partial charge in [0, 0.05) is 47.4 Å². The summed E-state index contributed by atoms with van der Waals surface area (Å²) in [4.78, 5) is 12.6. The largest absolute Gasteiger partial charge is 0.508 e. The fourth-order valence-electron chi connectivity index (χ4n) is 3.43. The molecule has 0 fully saturated rings. The molecular weight excluding hydrogens is 334 g/mol. The number of rotatable bonds is 2. The van der Waals surface area contributed by atoms with Crippen molar-refractivity contribution in [2.45, 2.75) is 6.92 Å². The number of methoxy groups -OCH3 is 1. The number of nitrogens with zero attached hydrogens (tertiary/aromatic N) is 1. The molecule has 132 valence electrons. The summed E-state index contributed by atoms with van der Waals surface area (Å²) in [6.45, 7) is 1.96. The molecule has 2 N–H and O–H groups in total. The monoisotopic (exact) mass is 351 g/mol. The summed E-state index contributed by atoms with van der Waals surface area (Å²) in [7, 11) is 3.54. The van der Waals surface area contributed by atoms with Gasteiger partial charge < -0.3 is 24.3 Å². The molecule has 4 rings (SSSR count). The Labute approximate surface area is 149 Å². The number of aryl methyl sites for hydroxylation is 2. The van der Waals surface area contributed by atoms with Crippen LogP contribution in [-0.4, -0.2) is 27.7 Å². The number of benzene rings is 2. The maximum Gasteiger partial charge on any atom is 0.235 e. The number of hydrogen-bond donors (Lipinski definition) is 2. The van der Waals surface area contributed by atoms with Crippen molar-refractivity contribution in [2.75, 3.05) is 7.11 Å². The van der Waals surface area contributed by atoms with E-state index in [2.05, 4.69) is 0 Å². The van der Waals surface area contributed by atoms with E-state index in [9.17, 15) is 15.0 Å². The molecule has 0 unspecified atom stereocenters. The summed E-state index contributed by atoms with van der Waals surface area (Å²) < 4.78 is 13.0. The van der Waals surface area contributed by atoms with Crippen LogP contribution in [0.1, 0.15) is 21.5 Å². The molecule has 26 heavy (non-hydrogen) atoms. The van der Waals surface area contributed by atoms with E-state index in [0.29, 0.717) is 0 Å². The molecule has 0 saturated carbocycles. The van der Waals surface area contributed by atoms with Gasteiger partial charge in [-0.1, -0.05) is 0 Å². The lowest BCUT2D eigenvalue weighted by molar-refractivity contribution is 0.101. The standard InChI is InChI=1S/C20H17NO5/c1-10-15(25-3)5-4-13-18(10)11(9-21(13)2)6-17-20(24)19-14(23)7-12(22)8-16(19)26-17/h4-9,22-23H,1-3H3/b17-6+. The van der Waals surface area contributed by atoms with Crippen LogP contribution in [0, 0.1) is 6.92 Å². The number of aromatic hydroxyl groups is 2. The summed E-state index contributed by atoms with van der Waals surface area (Å²) in [6.07, 6.45) is 3.55. The molecule has 6 nitrogen and oxygen atoms in total. The molecule has 1 aliphatic rings. The lowest BCUT2D eigenvalue weighted by atomic mass is 10.0. The normalized spacial score (nSPS) is 14.7. The number of fused-ring (bicyclic) bond motifs is 2. The molecule has 0 amide bonds. The van der Waals surface area contributed by atoms with Crippen LogP contribution in [0.5, 0.6) is 23.0 Å². The molecule has 0 spiro atoms.